The molecule has 3 aromatic carbocycles. The highest BCUT2D eigenvalue weighted by atomic mass is 35.5. The number of carbonyl (C=O) groups is 1. The van der Waals surface area contributed by atoms with Crippen LogP contribution in [0.5, 0.6) is 0 Å². The number of carboxylic acids is 1. The van der Waals surface area contributed by atoms with E-state index in [0.717, 1.165) is 22.7 Å². The monoisotopic (exact) mass is 482 g/mol. The van der Waals surface area contributed by atoms with Crippen LogP contribution in [-0.2, 0) is 0 Å². The Balaban J connectivity index is 1.85. The standard InChI is InChI=1S/C26H24ClFN2O2S/c1-16(2)10-21-15-30(20-9-5-8-19(28)12-20)24-14-23(27)22(13-25(24)33-29(21)3)17-6-4-7-18(11-17)26(31)32/h5-6,8-9,11-14,16,21H,10,15H2,1-3H3,(H,31,32). The summed E-state index contributed by atoms with van der Waals surface area (Å²) in [6.07, 6.45) is 0.981. The molecule has 4 rings (SSSR count). The van der Waals surface area contributed by atoms with Crippen LogP contribution in [-0.4, -0.2) is 35.0 Å². The van der Waals surface area contributed by atoms with Gasteiger partial charge in [0.1, 0.15) is 11.4 Å². The van der Waals surface area contributed by atoms with E-state index < -0.39 is 5.97 Å². The zero-order chi connectivity index (χ0) is 23.7. The molecule has 1 N–H and O–H groups in total. The number of aromatic carboxylic acids is 1. The van der Waals surface area contributed by atoms with Gasteiger partial charge in [-0.05, 0) is 79.4 Å². The molecule has 1 heterocycles. The van der Waals surface area contributed by atoms with Crippen LogP contribution >= 0.6 is 23.5 Å². The fourth-order valence-corrected chi connectivity index (χ4v) is 5.37. The first-order valence-electron chi connectivity index (χ1n) is 10.7. The number of anilines is 2. The normalized spacial score (nSPS) is 16.3. The molecule has 33 heavy (non-hydrogen) atoms. The molecule has 1 atom stereocenters. The topological polar surface area (TPSA) is 43.8 Å². The van der Waals surface area contributed by atoms with Crippen molar-refractivity contribution in [2.45, 2.75) is 31.2 Å². The number of carboxylic acid groups (broad SMARTS) is 1. The summed E-state index contributed by atoms with van der Waals surface area (Å²) in [6.45, 7) is 5.08. The number of rotatable bonds is 5. The second kappa shape index (κ2) is 9.64. The molecule has 0 amide bonds. The van der Waals surface area contributed by atoms with E-state index in [2.05, 4.69) is 42.2 Å². The summed E-state index contributed by atoms with van der Waals surface area (Å²) in [7, 11) is 2.07. The number of nitrogens with zero attached hydrogens (tertiary/aromatic N) is 2. The lowest BCUT2D eigenvalue weighted by molar-refractivity contribution is 0.0697. The molecule has 0 aliphatic carbocycles. The average Bonchev–Trinajstić information content (AvgIpc) is 2.89. The molecule has 0 saturated heterocycles. The van der Waals surface area contributed by atoms with Crippen molar-refractivity contribution in [3.8, 4) is 11.1 Å². The van der Waals surface area contributed by atoms with Crippen molar-refractivity contribution in [3.63, 3.8) is 0 Å². The molecule has 0 aromatic heterocycles. The minimum Gasteiger partial charge on any atom is -0.477 e. The molecular weight excluding hydrogens is 459 g/mol. The van der Waals surface area contributed by atoms with E-state index in [1.165, 1.54) is 12.1 Å². The molecule has 0 bridgehead atoms. The minimum absolute atomic E-state index is 0.0293. The Hall–Kier alpha value is -2.72. The molecule has 4 nitrogen and oxygen atoms in total. The summed E-state index contributed by atoms with van der Waals surface area (Å²) in [5.41, 5.74) is 3.05. The van der Waals surface area contributed by atoms with E-state index in [-0.39, 0.29) is 17.4 Å². The van der Waals surface area contributed by atoms with Crippen LogP contribution in [0.15, 0.2) is 53.4 Å². The van der Waals surface area contributed by atoms with E-state index in [4.69, 9.17) is 11.6 Å². The zero-order valence-corrected chi connectivity index (χ0v) is 20.2. The van der Waals surface area contributed by atoms with Crippen molar-refractivity contribution in [3.05, 3.63) is 77.1 Å². The van der Waals surface area contributed by atoms with E-state index in [0.29, 0.717) is 28.6 Å². The third-order valence-corrected chi connectivity index (χ3v) is 7.05. The van der Waals surface area contributed by atoms with Gasteiger partial charge >= 0.3 is 5.97 Å². The fourth-order valence-electron chi connectivity index (χ4n) is 4.05. The van der Waals surface area contributed by atoms with Crippen LogP contribution in [0, 0.1) is 23.9 Å². The Kier molecular flexibility index (Phi) is 6.85. The number of benzene rings is 2. The molecule has 3 aromatic rings. The van der Waals surface area contributed by atoms with Gasteiger partial charge < -0.3 is 10.0 Å². The highest BCUT2D eigenvalue weighted by molar-refractivity contribution is 7.97. The second-order valence-electron chi connectivity index (χ2n) is 8.54. The Morgan fingerprint density at radius 3 is 2.79 bits per heavy atom. The van der Waals surface area contributed by atoms with Crippen molar-refractivity contribution in [1.29, 1.82) is 0 Å². The molecule has 0 spiro atoms. The Morgan fingerprint density at radius 1 is 1.30 bits per heavy atom. The van der Waals surface area contributed by atoms with Gasteiger partial charge in [0.05, 0.1) is 10.7 Å². The largest absolute Gasteiger partial charge is 0.477 e. The molecule has 1 unspecified atom stereocenters. The van der Waals surface area contributed by atoms with Gasteiger partial charge in [0.2, 0.25) is 0 Å². The van der Waals surface area contributed by atoms with Crippen molar-refractivity contribution in [2.24, 2.45) is 5.92 Å². The first kappa shape index (κ1) is 23.4. The minimum atomic E-state index is -1.07. The van der Waals surface area contributed by atoms with Gasteiger partial charge in [-0.25, -0.2) is 13.5 Å². The maximum absolute atomic E-state index is 14.1. The van der Waals surface area contributed by atoms with Crippen LogP contribution in [0.2, 0.25) is 5.02 Å². The number of hydrogen-bond acceptors (Lipinski definition) is 4. The van der Waals surface area contributed by atoms with E-state index in [9.17, 15) is 14.3 Å². The van der Waals surface area contributed by atoms with Crippen LogP contribution in [0.3, 0.4) is 0 Å². The Labute approximate surface area is 203 Å². The predicted molar refractivity (Wildman–Crippen MR) is 132 cm³/mol. The van der Waals surface area contributed by atoms with E-state index >= 15 is 0 Å². The molecule has 0 fully saturated rings. The van der Waals surface area contributed by atoms with Gasteiger partial charge in [0.25, 0.3) is 0 Å². The third-order valence-electron chi connectivity index (χ3n) is 5.63. The maximum Gasteiger partial charge on any atom is 0.344 e. The first-order chi connectivity index (χ1) is 15.7. The number of hydrogen-bond donors (Lipinski definition) is 1. The lowest BCUT2D eigenvalue weighted by atomic mass is 10.0. The quantitative estimate of drug-likeness (QED) is 0.398. The smallest absolute Gasteiger partial charge is 0.344 e. The molecule has 0 saturated carbocycles. The van der Waals surface area contributed by atoms with Gasteiger partial charge in [0, 0.05) is 28.7 Å². The molecule has 1 aliphatic rings. The molecule has 7 heteroatoms. The summed E-state index contributed by atoms with van der Waals surface area (Å²) in [5, 5.41) is 9.82. The third kappa shape index (κ3) is 5.11. The average molecular weight is 483 g/mol. The van der Waals surface area contributed by atoms with Crippen LogP contribution in [0.4, 0.5) is 15.8 Å². The Bertz CT molecular complexity index is 1190. The van der Waals surface area contributed by atoms with Crippen molar-refractivity contribution >= 4 is 40.9 Å². The van der Waals surface area contributed by atoms with Gasteiger partial charge in [-0.3, -0.25) is 0 Å². The molecular formula is C26H24ClFN2O2S. The lowest BCUT2D eigenvalue weighted by Crippen LogP contribution is -2.36. The van der Waals surface area contributed by atoms with Gasteiger partial charge in [-0.2, -0.15) is 0 Å². The molecule has 170 valence electrons. The van der Waals surface area contributed by atoms with Crippen molar-refractivity contribution < 1.29 is 14.3 Å². The van der Waals surface area contributed by atoms with E-state index in [1.807, 2.05) is 18.2 Å². The Morgan fingerprint density at radius 2 is 2.09 bits per heavy atom. The fraction of sp³-hybridized carbons (Fsp3) is 0.269. The highest BCUT2D eigenvalue weighted by Crippen LogP contribution is 2.45. The zero-order valence-electron chi connectivity index (χ0n) is 18.6. The summed E-state index contributed by atoms with van der Waals surface area (Å²) >= 11 is 8.35. The molecule has 0 radical (unpaired) electrons. The van der Waals surface area contributed by atoms with Gasteiger partial charge in [-0.15, -0.1) is 0 Å². The van der Waals surface area contributed by atoms with Gasteiger partial charge in [0.15, 0.2) is 0 Å². The summed E-state index contributed by atoms with van der Waals surface area (Å²) in [5.74, 6) is -0.861. The number of likely N-dealkylation sites (N-methyl/N-ethyl adjacent to an activating group) is 1. The van der Waals surface area contributed by atoms with Crippen molar-refractivity contribution in [1.82, 2.24) is 4.31 Å². The summed E-state index contributed by atoms with van der Waals surface area (Å²) in [4.78, 5) is 14.5. The van der Waals surface area contributed by atoms with Gasteiger partial charge in [-0.1, -0.05) is 43.6 Å². The number of halogens is 2. The van der Waals surface area contributed by atoms with E-state index in [1.54, 1.807) is 30.1 Å². The number of fused-ring (bicyclic) bond motifs is 1. The summed E-state index contributed by atoms with van der Waals surface area (Å²) in [6, 6.07) is 19.3. The van der Waals surface area contributed by atoms with Crippen molar-refractivity contribution in [2.75, 3.05) is 18.5 Å². The van der Waals surface area contributed by atoms with Crippen LogP contribution < -0.4 is 4.90 Å². The molecule has 1 aliphatic heterocycles. The van der Waals surface area contributed by atoms with Crippen LogP contribution in [0.1, 0.15) is 30.6 Å². The SMILES string of the molecule is CC(C)CC1CN(c2cccc(F)c2)c2cc(Cl)c(-c3cc#cc(C(=O)O)c3)cc2SN1C. The predicted octanol–water partition coefficient (Wildman–Crippen LogP) is 6.95. The first-order valence-corrected chi connectivity index (χ1v) is 11.8. The summed E-state index contributed by atoms with van der Waals surface area (Å²) < 4.78 is 16.4. The highest BCUT2D eigenvalue weighted by Gasteiger charge is 2.29. The lowest BCUT2D eigenvalue weighted by Gasteiger charge is -2.31. The maximum atomic E-state index is 14.1. The second-order valence-corrected chi connectivity index (χ2v) is 10.1. The van der Waals surface area contributed by atoms with Crippen LogP contribution in [0.25, 0.3) is 11.1 Å².